The van der Waals surface area contributed by atoms with E-state index in [1.807, 2.05) is 45.0 Å². The average Bonchev–Trinajstić information content (AvgIpc) is 3.29. The fourth-order valence-corrected chi connectivity index (χ4v) is 6.66. The van der Waals surface area contributed by atoms with Gasteiger partial charge in [-0.1, -0.05) is 63.2 Å². The van der Waals surface area contributed by atoms with Gasteiger partial charge in [0.05, 0.1) is 0 Å². The summed E-state index contributed by atoms with van der Waals surface area (Å²) in [6.07, 6.45) is -1.53. The van der Waals surface area contributed by atoms with E-state index in [2.05, 4.69) is 42.7 Å². The van der Waals surface area contributed by atoms with E-state index >= 15 is 0 Å². The lowest BCUT2D eigenvalue weighted by Gasteiger charge is -2.50. The summed E-state index contributed by atoms with van der Waals surface area (Å²) >= 11 is 0. The van der Waals surface area contributed by atoms with Gasteiger partial charge in [0.2, 0.25) is 5.91 Å². The molecule has 3 aliphatic rings. The number of hydrogen-bond acceptors (Lipinski definition) is 6. The Morgan fingerprint density at radius 3 is 2.27 bits per heavy atom. The third-order valence-corrected chi connectivity index (χ3v) is 9.01. The van der Waals surface area contributed by atoms with Gasteiger partial charge in [0.1, 0.15) is 5.60 Å². The number of benzene rings is 2. The maximum atomic E-state index is 14.0. The zero-order chi connectivity index (χ0) is 32.6. The van der Waals surface area contributed by atoms with Gasteiger partial charge in [-0.05, 0) is 63.0 Å². The summed E-state index contributed by atoms with van der Waals surface area (Å²) in [5, 5.41) is 0. The number of carbonyl (C=O) groups excluding carboxylic acids is 2. The first-order valence-electron chi connectivity index (χ1n) is 16.0. The second-order valence-electron chi connectivity index (χ2n) is 14.6. The minimum Gasteiger partial charge on any atom is -0.444 e. The van der Waals surface area contributed by atoms with Crippen molar-refractivity contribution in [1.29, 1.82) is 0 Å². The Balaban J connectivity index is 1.28. The predicted octanol–water partition coefficient (Wildman–Crippen LogP) is 6.89. The van der Waals surface area contributed by atoms with Gasteiger partial charge in [0.25, 0.3) is 0 Å². The molecule has 8 nitrogen and oxygen atoms in total. The summed E-state index contributed by atoms with van der Waals surface area (Å²) < 4.78 is 43.2. The van der Waals surface area contributed by atoms with Gasteiger partial charge in [-0.15, -0.1) is 8.78 Å². The van der Waals surface area contributed by atoms with E-state index in [1.165, 1.54) is 6.07 Å². The van der Waals surface area contributed by atoms with Gasteiger partial charge in [-0.2, -0.15) is 0 Å². The third kappa shape index (κ3) is 8.07. The van der Waals surface area contributed by atoms with Gasteiger partial charge in [-0.25, -0.2) is 4.79 Å². The van der Waals surface area contributed by atoms with Crippen LogP contribution in [0.4, 0.5) is 13.6 Å². The highest BCUT2D eigenvalue weighted by atomic mass is 19.3. The molecule has 246 valence electrons. The molecule has 3 heterocycles. The van der Waals surface area contributed by atoms with E-state index in [1.54, 1.807) is 11.0 Å². The summed E-state index contributed by atoms with van der Waals surface area (Å²) in [6, 6.07) is 14.9. The largest absolute Gasteiger partial charge is 0.586 e. The van der Waals surface area contributed by atoms with Crippen LogP contribution in [0.2, 0.25) is 0 Å². The van der Waals surface area contributed by atoms with Crippen LogP contribution in [-0.4, -0.2) is 77.4 Å². The Kier molecular flexibility index (Phi) is 9.36. The second kappa shape index (κ2) is 12.8. The lowest BCUT2D eigenvalue weighted by atomic mass is 9.82. The van der Waals surface area contributed by atoms with E-state index in [9.17, 15) is 18.4 Å². The number of halogens is 2. The Bertz CT molecular complexity index is 1350. The minimum atomic E-state index is -3.68. The number of fused-ring (bicyclic) bond motifs is 1. The van der Waals surface area contributed by atoms with Crippen molar-refractivity contribution in [2.45, 2.75) is 91.2 Å². The van der Waals surface area contributed by atoms with Gasteiger partial charge in [0, 0.05) is 56.8 Å². The molecule has 2 amide bonds. The number of carbonyl (C=O) groups is 2. The molecule has 0 N–H and O–H groups in total. The fraction of sp³-hybridized carbons (Fsp3) is 0.600. The zero-order valence-corrected chi connectivity index (χ0v) is 27.4. The maximum absolute atomic E-state index is 14.0. The van der Waals surface area contributed by atoms with Crippen molar-refractivity contribution in [2.75, 3.05) is 32.7 Å². The summed E-state index contributed by atoms with van der Waals surface area (Å²) in [5.41, 5.74) is 1.00. The molecule has 5 rings (SSSR count). The Morgan fingerprint density at radius 1 is 0.933 bits per heavy atom. The zero-order valence-electron chi connectivity index (χ0n) is 27.4. The normalized spacial score (nSPS) is 21.5. The van der Waals surface area contributed by atoms with Crippen molar-refractivity contribution in [3.8, 4) is 11.5 Å². The molecule has 0 aliphatic carbocycles. The molecule has 0 aromatic heterocycles. The molecule has 2 aromatic carbocycles. The number of likely N-dealkylation sites (tertiary alicyclic amines) is 1. The molecule has 3 aliphatic heterocycles. The monoisotopic (exact) mass is 627 g/mol. The van der Waals surface area contributed by atoms with Gasteiger partial charge >= 0.3 is 12.4 Å². The number of piperazine rings is 1. The topological polar surface area (TPSA) is 71.6 Å². The molecular formula is C35H47F2N3O5. The lowest BCUT2D eigenvalue weighted by molar-refractivity contribution is -0.287. The second-order valence-corrected chi connectivity index (χ2v) is 14.6. The van der Waals surface area contributed by atoms with Crippen molar-refractivity contribution in [3.05, 3.63) is 59.7 Å². The molecule has 0 bridgehead atoms. The Morgan fingerprint density at radius 2 is 1.62 bits per heavy atom. The van der Waals surface area contributed by atoms with Crippen molar-refractivity contribution in [3.63, 3.8) is 0 Å². The molecule has 2 aromatic rings. The number of amides is 2. The third-order valence-electron chi connectivity index (χ3n) is 9.01. The standard InChI is InChI=1S/C35H47F2N3O5/c1-33(2,3)29-23-39(19-20-40(29)30(41)21-24-15-17-38(18-16-24)32(42)45-34(4,5)6)27(25-11-8-7-9-12-25)22-26-13-10-14-28-31(26)44-35(36,37)43-28/h7-14,24,27,29H,15-23H2,1-6H3/t27?,29-/m1/s1. The number of para-hydroxylation sites is 1. The Labute approximate surface area is 265 Å². The number of rotatable bonds is 6. The maximum Gasteiger partial charge on any atom is 0.586 e. The van der Waals surface area contributed by atoms with Crippen LogP contribution in [0.3, 0.4) is 0 Å². The molecule has 2 atom stereocenters. The van der Waals surface area contributed by atoms with E-state index in [-0.39, 0.29) is 46.9 Å². The number of alkyl halides is 2. The van der Waals surface area contributed by atoms with Gasteiger partial charge in [0.15, 0.2) is 11.5 Å². The summed E-state index contributed by atoms with van der Waals surface area (Å²) in [6.45, 7) is 15.1. The number of hydrogen-bond donors (Lipinski definition) is 0. The van der Waals surface area contributed by atoms with Crippen LogP contribution >= 0.6 is 0 Å². The van der Waals surface area contributed by atoms with Crippen LogP contribution < -0.4 is 9.47 Å². The molecule has 10 heteroatoms. The highest BCUT2D eigenvalue weighted by Gasteiger charge is 2.45. The van der Waals surface area contributed by atoms with E-state index < -0.39 is 11.9 Å². The molecule has 2 fully saturated rings. The molecule has 0 saturated carbocycles. The lowest BCUT2D eigenvalue weighted by Crippen LogP contribution is -2.60. The number of piperidine rings is 1. The molecule has 0 spiro atoms. The quantitative estimate of drug-likeness (QED) is 0.348. The van der Waals surface area contributed by atoms with Crippen LogP contribution in [0.1, 0.15) is 78.0 Å². The summed E-state index contributed by atoms with van der Waals surface area (Å²) in [5.74, 6) is 0.495. The molecule has 2 saturated heterocycles. The van der Waals surface area contributed by atoms with Crippen molar-refractivity contribution in [2.24, 2.45) is 11.3 Å². The average molecular weight is 628 g/mol. The van der Waals surface area contributed by atoms with Gasteiger partial charge < -0.3 is 24.0 Å². The van der Waals surface area contributed by atoms with E-state index in [0.29, 0.717) is 51.1 Å². The van der Waals surface area contributed by atoms with Crippen LogP contribution in [0.5, 0.6) is 11.5 Å². The highest BCUT2D eigenvalue weighted by Crippen LogP contribution is 2.45. The molecule has 1 unspecified atom stereocenters. The predicted molar refractivity (Wildman–Crippen MR) is 167 cm³/mol. The van der Waals surface area contributed by atoms with Crippen molar-refractivity contribution >= 4 is 12.0 Å². The van der Waals surface area contributed by atoms with Gasteiger partial charge in [-0.3, -0.25) is 9.69 Å². The molecule has 0 radical (unpaired) electrons. The Hall–Kier alpha value is -3.40. The van der Waals surface area contributed by atoms with E-state index in [0.717, 1.165) is 18.4 Å². The number of nitrogens with zero attached hydrogens (tertiary/aromatic N) is 3. The first kappa shape index (κ1) is 33.0. The smallest absolute Gasteiger partial charge is 0.444 e. The highest BCUT2D eigenvalue weighted by molar-refractivity contribution is 5.77. The summed E-state index contributed by atoms with van der Waals surface area (Å²) in [4.78, 5) is 32.5. The molecule has 45 heavy (non-hydrogen) atoms. The summed E-state index contributed by atoms with van der Waals surface area (Å²) in [7, 11) is 0. The minimum absolute atomic E-state index is 0.0442. The van der Waals surface area contributed by atoms with Crippen LogP contribution in [0.15, 0.2) is 48.5 Å². The first-order chi connectivity index (χ1) is 21.1. The van der Waals surface area contributed by atoms with Crippen LogP contribution in [-0.2, 0) is 16.0 Å². The van der Waals surface area contributed by atoms with Crippen LogP contribution in [0, 0.1) is 11.3 Å². The van der Waals surface area contributed by atoms with E-state index in [4.69, 9.17) is 14.2 Å². The molecular weight excluding hydrogens is 580 g/mol. The van der Waals surface area contributed by atoms with Crippen LogP contribution in [0.25, 0.3) is 0 Å². The van der Waals surface area contributed by atoms with Crippen molar-refractivity contribution < 1.29 is 32.6 Å². The first-order valence-corrected chi connectivity index (χ1v) is 16.0. The van der Waals surface area contributed by atoms with Crippen molar-refractivity contribution in [1.82, 2.24) is 14.7 Å². The number of ether oxygens (including phenoxy) is 3. The fourth-order valence-electron chi connectivity index (χ4n) is 6.66. The SMILES string of the molecule is CC(C)(C)OC(=O)N1CCC(CC(=O)N2CCN(C(Cc3cccc4c3OC(F)(F)O4)c3ccccc3)C[C@@H]2C(C)(C)C)CC1.